The Morgan fingerprint density at radius 2 is 1.92 bits per heavy atom. The first-order chi connectivity index (χ1) is 11.8. The number of carbonyl (C=O) groups is 2. The van der Waals surface area contributed by atoms with Gasteiger partial charge in [0, 0.05) is 23.2 Å². The van der Waals surface area contributed by atoms with E-state index in [-0.39, 0.29) is 28.5 Å². The van der Waals surface area contributed by atoms with Gasteiger partial charge in [-0.15, -0.1) is 0 Å². The first kappa shape index (κ1) is 17.2. The predicted octanol–water partition coefficient (Wildman–Crippen LogP) is 1.15. The van der Waals surface area contributed by atoms with Crippen molar-refractivity contribution < 1.29 is 22.5 Å². The molecule has 0 radical (unpaired) electrons. The van der Waals surface area contributed by atoms with Crippen molar-refractivity contribution in [1.82, 2.24) is 10.5 Å². The number of rotatable bonds is 4. The van der Waals surface area contributed by atoms with Gasteiger partial charge in [-0.3, -0.25) is 9.59 Å². The lowest BCUT2D eigenvalue weighted by Crippen LogP contribution is -2.35. The van der Waals surface area contributed by atoms with Gasteiger partial charge in [0.05, 0.1) is 11.5 Å². The molecular weight excluding hydrogens is 346 g/mol. The molecule has 2 heterocycles. The van der Waals surface area contributed by atoms with Crippen molar-refractivity contribution in [3.8, 4) is 0 Å². The lowest BCUT2D eigenvalue weighted by molar-refractivity contribution is 0.0941. The molecule has 1 unspecified atom stereocenters. The Balaban J connectivity index is 1.68. The number of hydrogen-bond acceptors (Lipinski definition) is 6. The molecule has 8 nitrogen and oxygen atoms in total. The first-order valence-corrected chi connectivity index (χ1v) is 9.50. The molecule has 9 heteroatoms. The molecule has 1 fully saturated rings. The Bertz CT molecular complexity index is 919. The van der Waals surface area contributed by atoms with Crippen LogP contribution in [0.4, 0.5) is 5.82 Å². The Morgan fingerprint density at radius 3 is 2.52 bits per heavy atom. The summed E-state index contributed by atoms with van der Waals surface area (Å²) in [7, 11) is -3.07. The van der Waals surface area contributed by atoms with Gasteiger partial charge >= 0.3 is 0 Å². The number of amides is 2. The quantitative estimate of drug-likeness (QED) is 0.841. The minimum atomic E-state index is -3.07. The average Bonchev–Trinajstić information content (AvgIpc) is 3.12. The molecule has 1 aromatic heterocycles. The molecule has 1 aliphatic heterocycles. The molecule has 3 rings (SSSR count). The van der Waals surface area contributed by atoms with E-state index >= 15 is 0 Å². The number of hydrogen-bond donors (Lipinski definition) is 2. The minimum absolute atomic E-state index is 0.0512. The van der Waals surface area contributed by atoms with Crippen LogP contribution in [0.1, 0.15) is 32.9 Å². The topological polar surface area (TPSA) is 118 Å². The Kier molecular flexibility index (Phi) is 4.58. The third kappa shape index (κ3) is 4.24. The van der Waals surface area contributed by atoms with Gasteiger partial charge in [0.25, 0.3) is 11.8 Å². The van der Waals surface area contributed by atoms with Crippen LogP contribution < -0.4 is 10.6 Å². The summed E-state index contributed by atoms with van der Waals surface area (Å²) in [6, 6.07) is 7.35. The Hall–Kier alpha value is -2.68. The molecule has 0 saturated carbocycles. The zero-order valence-electron chi connectivity index (χ0n) is 13.5. The fraction of sp³-hybridized carbons (Fsp3) is 0.312. The molecule has 1 aromatic carbocycles. The maximum Gasteiger partial charge on any atom is 0.256 e. The number of nitrogens with one attached hydrogen (secondary N) is 2. The highest BCUT2D eigenvalue weighted by Crippen LogP contribution is 2.14. The Labute approximate surface area is 144 Å². The van der Waals surface area contributed by atoms with Gasteiger partial charge < -0.3 is 15.2 Å². The van der Waals surface area contributed by atoms with Crippen molar-refractivity contribution in [2.24, 2.45) is 0 Å². The molecule has 1 aliphatic rings. The van der Waals surface area contributed by atoms with Crippen LogP contribution in [0, 0.1) is 6.92 Å². The zero-order valence-corrected chi connectivity index (χ0v) is 14.3. The van der Waals surface area contributed by atoms with Gasteiger partial charge in [0.1, 0.15) is 5.76 Å². The number of anilines is 1. The van der Waals surface area contributed by atoms with Crippen molar-refractivity contribution in [2.75, 3.05) is 16.8 Å². The highest BCUT2D eigenvalue weighted by Gasteiger charge is 2.29. The third-order valence-corrected chi connectivity index (χ3v) is 5.59. The number of aryl methyl sites for hydroxylation is 1. The lowest BCUT2D eigenvalue weighted by atomic mass is 10.1. The van der Waals surface area contributed by atoms with Gasteiger partial charge in [0.15, 0.2) is 15.7 Å². The van der Waals surface area contributed by atoms with Crippen LogP contribution in [0.3, 0.4) is 0 Å². The van der Waals surface area contributed by atoms with Crippen molar-refractivity contribution in [1.29, 1.82) is 0 Å². The van der Waals surface area contributed by atoms with E-state index in [1.54, 1.807) is 31.2 Å². The van der Waals surface area contributed by atoms with Gasteiger partial charge in [0.2, 0.25) is 0 Å². The highest BCUT2D eigenvalue weighted by atomic mass is 32.2. The molecule has 132 valence electrons. The summed E-state index contributed by atoms with van der Waals surface area (Å²) in [5.74, 6) is 0.0472. The van der Waals surface area contributed by atoms with Crippen LogP contribution >= 0.6 is 0 Å². The summed E-state index contributed by atoms with van der Waals surface area (Å²) in [5, 5.41) is 8.94. The van der Waals surface area contributed by atoms with Crippen LogP contribution in [0.5, 0.6) is 0 Å². The first-order valence-electron chi connectivity index (χ1n) is 7.68. The SMILES string of the molecule is Cc1cc(NC(=O)c2cccc(C(=O)NC3CCS(=O)(=O)C3)c2)no1. The largest absolute Gasteiger partial charge is 0.360 e. The molecule has 0 aliphatic carbocycles. The highest BCUT2D eigenvalue weighted by molar-refractivity contribution is 7.91. The number of aromatic nitrogens is 1. The molecule has 0 spiro atoms. The van der Waals surface area contributed by atoms with Gasteiger partial charge in [-0.1, -0.05) is 11.2 Å². The van der Waals surface area contributed by atoms with E-state index in [1.807, 2.05) is 0 Å². The lowest BCUT2D eigenvalue weighted by Gasteiger charge is -2.11. The zero-order chi connectivity index (χ0) is 18.0. The van der Waals surface area contributed by atoms with Crippen LogP contribution in [0.2, 0.25) is 0 Å². The maximum atomic E-state index is 12.3. The second-order valence-electron chi connectivity index (χ2n) is 5.93. The normalized spacial score (nSPS) is 18.7. The van der Waals surface area contributed by atoms with E-state index in [4.69, 9.17) is 4.52 Å². The van der Waals surface area contributed by atoms with E-state index in [1.165, 1.54) is 6.07 Å². The number of nitrogens with zero attached hydrogens (tertiary/aromatic N) is 1. The van der Waals surface area contributed by atoms with Crippen LogP contribution in [0.25, 0.3) is 0 Å². The average molecular weight is 363 g/mol. The molecule has 1 atom stereocenters. The van der Waals surface area contributed by atoms with E-state index in [0.29, 0.717) is 12.2 Å². The fourth-order valence-electron chi connectivity index (χ4n) is 2.59. The molecular formula is C16H17N3O5S. The predicted molar refractivity (Wildman–Crippen MR) is 90.2 cm³/mol. The summed E-state index contributed by atoms with van der Waals surface area (Å²) >= 11 is 0. The van der Waals surface area contributed by atoms with Gasteiger partial charge in [-0.05, 0) is 31.5 Å². The van der Waals surface area contributed by atoms with E-state index in [2.05, 4.69) is 15.8 Å². The van der Waals surface area contributed by atoms with Crippen molar-refractivity contribution in [3.63, 3.8) is 0 Å². The van der Waals surface area contributed by atoms with E-state index in [0.717, 1.165) is 0 Å². The fourth-order valence-corrected chi connectivity index (χ4v) is 4.27. The number of benzene rings is 1. The molecule has 2 aromatic rings. The standard InChI is InChI=1S/C16H17N3O5S/c1-10-7-14(19-24-10)18-16(21)12-4-2-3-11(8-12)15(20)17-13-5-6-25(22,23)9-13/h2-4,7-8,13H,5-6,9H2,1H3,(H,17,20)(H,18,19,21). The summed E-state index contributed by atoms with van der Waals surface area (Å²) in [6.07, 6.45) is 0.403. The molecule has 2 amide bonds. The Morgan fingerprint density at radius 1 is 1.20 bits per heavy atom. The van der Waals surface area contributed by atoms with Crippen molar-refractivity contribution >= 4 is 27.5 Å². The van der Waals surface area contributed by atoms with Crippen LogP contribution in [-0.4, -0.2) is 42.9 Å². The summed E-state index contributed by atoms with van der Waals surface area (Å²) in [5.41, 5.74) is 0.570. The number of sulfone groups is 1. The van der Waals surface area contributed by atoms with Crippen molar-refractivity contribution in [3.05, 3.63) is 47.2 Å². The monoisotopic (exact) mass is 363 g/mol. The molecule has 25 heavy (non-hydrogen) atoms. The smallest absolute Gasteiger partial charge is 0.256 e. The summed E-state index contributed by atoms with van der Waals surface area (Å²) in [4.78, 5) is 24.5. The van der Waals surface area contributed by atoms with Crippen molar-refractivity contribution in [2.45, 2.75) is 19.4 Å². The third-order valence-electron chi connectivity index (χ3n) is 3.82. The number of carbonyl (C=O) groups excluding carboxylic acids is 2. The maximum absolute atomic E-state index is 12.3. The summed E-state index contributed by atoms with van der Waals surface area (Å²) < 4.78 is 27.8. The summed E-state index contributed by atoms with van der Waals surface area (Å²) in [6.45, 7) is 1.71. The molecule has 0 bridgehead atoms. The minimum Gasteiger partial charge on any atom is -0.360 e. The second-order valence-corrected chi connectivity index (χ2v) is 8.16. The van der Waals surface area contributed by atoms with E-state index < -0.39 is 27.7 Å². The van der Waals surface area contributed by atoms with E-state index in [9.17, 15) is 18.0 Å². The van der Waals surface area contributed by atoms with Crippen LogP contribution in [0.15, 0.2) is 34.9 Å². The molecule has 1 saturated heterocycles. The molecule has 2 N–H and O–H groups in total. The van der Waals surface area contributed by atoms with Crippen LogP contribution in [-0.2, 0) is 9.84 Å². The van der Waals surface area contributed by atoms with Gasteiger partial charge in [-0.25, -0.2) is 8.42 Å². The van der Waals surface area contributed by atoms with Gasteiger partial charge in [-0.2, -0.15) is 0 Å². The second kappa shape index (κ2) is 6.67.